The summed E-state index contributed by atoms with van der Waals surface area (Å²) in [6.45, 7) is 6.42. The second-order valence-corrected chi connectivity index (χ2v) is 8.49. The number of rotatable bonds is 8. The Kier molecular flexibility index (Phi) is 7.71. The number of aromatic nitrogens is 2. The fourth-order valence-electron chi connectivity index (χ4n) is 3.15. The molecule has 3 aromatic rings. The van der Waals surface area contributed by atoms with Crippen LogP contribution in [0.25, 0.3) is 11.3 Å². The SMILES string of the molecule is COc1ccc(-c2nn(Cc3ccccc3)cc2C(=O)NCCNC(=O)OC(C)(C)C)cc1. The van der Waals surface area contributed by atoms with Gasteiger partial charge >= 0.3 is 6.09 Å². The zero-order chi connectivity index (χ0) is 23.8. The lowest BCUT2D eigenvalue weighted by Gasteiger charge is -2.19. The number of methoxy groups -OCH3 is 1. The Balaban J connectivity index is 1.72. The Morgan fingerprint density at radius 3 is 2.27 bits per heavy atom. The summed E-state index contributed by atoms with van der Waals surface area (Å²) in [4.78, 5) is 24.7. The van der Waals surface area contributed by atoms with Crippen molar-refractivity contribution in [1.82, 2.24) is 20.4 Å². The highest BCUT2D eigenvalue weighted by Gasteiger charge is 2.19. The largest absolute Gasteiger partial charge is 0.497 e. The molecule has 0 aliphatic carbocycles. The smallest absolute Gasteiger partial charge is 0.407 e. The Morgan fingerprint density at radius 2 is 1.64 bits per heavy atom. The minimum atomic E-state index is -0.575. The Hall–Kier alpha value is -3.81. The van der Waals surface area contributed by atoms with E-state index < -0.39 is 11.7 Å². The molecule has 2 amide bonds. The summed E-state index contributed by atoms with van der Waals surface area (Å²) >= 11 is 0. The van der Waals surface area contributed by atoms with Crippen LogP contribution in [-0.2, 0) is 11.3 Å². The summed E-state index contributed by atoms with van der Waals surface area (Å²) in [7, 11) is 1.60. The van der Waals surface area contributed by atoms with Crippen LogP contribution in [0.4, 0.5) is 4.79 Å². The molecule has 0 saturated carbocycles. The second kappa shape index (κ2) is 10.7. The van der Waals surface area contributed by atoms with Crippen LogP contribution in [0.15, 0.2) is 60.8 Å². The second-order valence-electron chi connectivity index (χ2n) is 8.49. The Morgan fingerprint density at radius 1 is 0.970 bits per heavy atom. The highest BCUT2D eigenvalue weighted by Crippen LogP contribution is 2.25. The molecule has 8 heteroatoms. The van der Waals surface area contributed by atoms with Crippen LogP contribution in [0.2, 0.25) is 0 Å². The van der Waals surface area contributed by atoms with Crippen LogP contribution in [0.3, 0.4) is 0 Å². The zero-order valence-corrected chi connectivity index (χ0v) is 19.4. The van der Waals surface area contributed by atoms with Gasteiger partial charge in [0.1, 0.15) is 17.0 Å². The van der Waals surface area contributed by atoms with Gasteiger partial charge in [-0.3, -0.25) is 9.48 Å². The fraction of sp³-hybridized carbons (Fsp3) is 0.320. The predicted octanol–water partition coefficient (Wildman–Crippen LogP) is 3.86. The van der Waals surface area contributed by atoms with Crippen molar-refractivity contribution >= 4 is 12.0 Å². The summed E-state index contributed by atoms with van der Waals surface area (Å²) in [6.07, 6.45) is 1.22. The van der Waals surface area contributed by atoms with Gasteiger partial charge in [0.05, 0.1) is 19.2 Å². The molecule has 174 valence electrons. The van der Waals surface area contributed by atoms with Gasteiger partial charge in [0.2, 0.25) is 0 Å². The Bertz CT molecular complexity index is 1070. The van der Waals surface area contributed by atoms with Gasteiger partial charge in [0.15, 0.2) is 0 Å². The van der Waals surface area contributed by atoms with Crippen LogP contribution in [-0.4, -0.2) is 47.6 Å². The molecule has 2 N–H and O–H groups in total. The van der Waals surface area contributed by atoms with Crippen molar-refractivity contribution in [3.63, 3.8) is 0 Å². The highest BCUT2D eigenvalue weighted by molar-refractivity contribution is 5.99. The van der Waals surface area contributed by atoms with Crippen LogP contribution in [0.5, 0.6) is 5.75 Å². The minimum absolute atomic E-state index is 0.247. The van der Waals surface area contributed by atoms with Gasteiger partial charge in [-0.15, -0.1) is 0 Å². The van der Waals surface area contributed by atoms with Crippen molar-refractivity contribution in [2.45, 2.75) is 32.9 Å². The number of hydrogen-bond donors (Lipinski definition) is 2. The van der Waals surface area contributed by atoms with E-state index in [1.54, 1.807) is 38.8 Å². The van der Waals surface area contributed by atoms with E-state index in [9.17, 15) is 9.59 Å². The summed E-state index contributed by atoms with van der Waals surface area (Å²) in [5.41, 5.74) is 2.34. The van der Waals surface area contributed by atoms with Crippen molar-refractivity contribution in [2.24, 2.45) is 0 Å². The maximum absolute atomic E-state index is 13.0. The molecule has 0 aliphatic rings. The molecule has 0 unspecified atom stereocenters. The number of ether oxygens (including phenoxy) is 2. The van der Waals surface area contributed by atoms with Gasteiger partial charge in [-0.1, -0.05) is 30.3 Å². The molecule has 0 aliphatic heterocycles. The summed E-state index contributed by atoms with van der Waals surface area (Å²) in [5.74, 6) is 0.452. The molecule has 0 bridgehead atoms. The van der Waals surface area contributed by atoms with Crippen molar-refractivity contribution < 1.29 is 19.1 Å². The third-order valence-electron chi connectivity index (χ3n) is 4.64. The van der Waals surface area contributed by atoms with Crippen LogP contribution >= 0.6 is 0 Å². The molecule has 0 atom stereocenters. The van der Waals surface area contributed by atoms with Gasteiger partial charge in [-0.05, 0) is 50.6 Å². The van der Waals surface area contributed by atoms with Crippen molar-refractivity contribution in [2.75, 3.05) is 20.2 Å². The molecule has 0 spiro atoms. The topological polar surface area (TPSA) is 94.5 Å². The number of alkyl carbamates (subject to hydrolysis) is 1. The predicted molar refractivity (Wildman–Crippen MR) is 126 cm³/mol. The van der Waals surface area contributed by atoms with E-state index in [1.807, 2.05) is 54.6 Å². The van der Waals surface area contributed by atoms with E-state index in [-0.39, 0.29) is 19.0 Å². The van der Waals surface area contributed by atoms with Gasteiger partial charge in [-0.2, -0.15) is 5.10 Å². The number of nitrogens with zero attached hydrogens (tertiary/aromatic N) is 2. The van der Waals surface area contributed by atoms with E-state index in [1.165, 1.54) is 0 Å². The molecule has 2 aromatic carbocycles. The quantitative estimate of drug-likeness (QED) is 0.508. The molecule has 0 radical (unpaired) electrons. The van der Waals surface area contributed by atoms with E-state index in [4.69, 9.17) is 9.47 Å². The first-order valence-electron chi connectivity index (χ1n) is 10.8. The lowest BCUT2D eigenvalue weighted by atomic mass is 10.1. The van der Waals surface area contributed by atoms with E-state index in [2.05, 4.69) is 15.7 Å². The number of carbonyl (C=O) groups is 2. The first-order valence-corrected chi connectivity index (χ1v) is 10.8. The average molecular weight is 451 g/mol. The lowest BCUT2D eigenvalue weighted by Crippen LogP contribution is -2.37. The number of benzene rings is 2. The standard InChI is InChI=1S/C25H30N4O4/c1-25(2,3)33-24(31)27-15-14-26-23(30)21-17-29(16-18-8-6-5-7-9-18)28-22(21)19-10-12-20(32-4)13-11-19/h5-13,17H,14-16H2,1-4H3,(H,26,30)(H,27,31). The molecular weight excluding hydrogens is 420 g/mol. The third kappa shape index (κ3) is 7.10. The van der Waals surface area contributed by atoms with Crippen LogP contribution in [0, 0.1) is 0 Å². The van der Waals surface area contributed by atoms with Crippen molar-refractivity contribution in [3.8, 4) is 17.0 Å². The number of carbonyl (C=O) groups excluding carboxylic acids is 2. The highest BCUT2D eigenvalue weighted by atomic mass is 16.6. The summed E-state index contributed by atoms with van der Waals surface area (Å²) in [5, 5.41) is 10.1. The first-order chi connectivity index (χ1) is 15.7. The first kappa shape index (κ1) is 23.8. The lowest BCUT2D eigenvalue weighted by molar-refractivity contribution is 0.0526. The van der Waals surface area contributed by atoms with E-state index in [0.29, 0.717) is 17.8 Å². The fourth-order valence-corrected chi connectivity index (χ4v) is 3.15. The van der Waals surface area contributed by atoms with Crippen LogP contribution in [0.1, 0.15) is 36.7 Å². The molecule has 33 heavy (non-hydrogen) atoms. The van der Waals surface area contributed by atoms with Gasteiger partial charge in [-0.25, -0.2) is 4.79 Å². The van der Waals surface area contributed by atoms with E-state index >= 15 is 0 Å². The van der Waals surface area contributed by atoms with Gasteiger partial charge in [0.25, 0.3) is 5.91 Å². The molecular formula is C25H30N4O4. The zero-order valence-electron chi connectivity index (χ0n) is 19.4. The maximum Gasteiger partial charge on any atom is 0.407 e. The average Bonchev–Trinajstić information content (AvgIpc) is 3.20. The Labute approximate surface area is 193 Å². The normalized spacial score (nSPS) is 11.0. The summed E-state index contributed by atoms with van der Waals surface area (Å²) < 4.78 is 12.2. The van der Waals surface area contributed by atoms with Gasteiger partial charge in [0, 0.05) is 24.8 Å². The third-order valence-corrected chi connectivity index (χ3v) is 4.64. The molecule has 0 saturated heterocycles. The molecule has 1 aromatic heterocycles. The molecule has 3 rings (SSSR count). The number of nitrogens with one attached hydrogen (secondary N) is 2. The number of hydrogen-bond acceptors (Lipinski definition) is 5. The molecule has 1 heterocycles. The van der Waals surface area contributed by atoms with Crippen molar-refractivity contribution in [3.05, 3.63) is 71.9 Å². The number of amides is 2. The molecule has 8 nitrogen and oxygen atoms in total. The van der Waals surface area contributed by atoms with Crippen LogP contribution < -0.4 is 15.4 Å². The monoisotopic (exact) mass is 450 g/mol. The minimum Gasteiger partial charge on any atom is -0.497 e. The summed E-state index contributed by atoms with van der Waals surface area (Å²) in [6, 6.07) is 17.3. The maximum atomic E-state index is 13.0. The molecule has 0 fully saturated rings. The van der Waals surface area contributed by atoms with E-state index in [0.717, 1.165) is 16.9 Å². The van der Waals surface area contributed by atoms with Crippen molar-refractivity contribution in [1.29, 1.82) is 0 Å². The van der Waals surface area contributed by atoms with Gasteiger partial charge < -0.3 is 20.1 Å².